The van der Waals surface area contributed by atoms with E-state index in [4.69, 9.17) is 14.2 Å². The lowest BCUT2D eigenvalue weighted by molar-refractivity contribution is -0.0393. The van der Waals surface area contributed by atoms with Gasteiger partial charge >= 0.3 is 0 Å². The minimum atomic E-state index is 0.0244. The van der Waals surface area contributed by atoms with Crippen LogP contribution in [0.5, 0.6) is 0 Å². The molecule has 2 fully saturated rings. The second kappa shape index (κ2) is 8.78. The van der Waals surface area contributed by atoms with Crippen LogP contribution in [0.1, 0.15) is 17.5 Å². The highest BCUT2D eigenvalue weighted by Crippen LogP contribution is 2.29. The van der Waals surface area contributed by atoms with Gasteiger partial charge in [-0.25, -0.2) is 0 Å². The number of hydrogen-bond acceptors (Lipinski definition) is 4. The van der Waals surface area contributed by atoms with E-state index in [0.717, 1.165) is 19.4 Å². The van der Waals surface area contributed by atoms with Crippen LogP contribution < -0.4 is 5.32 Å². The third kappa shape index (κ3) is 4.33. The van der Waals surface area contributed by atoms with Gasteiger partial charge in [0.25, 0.3) is 0 Å². The SMILES string of the molecule is c1ccc(CCCNC2COC3C(OCc4ccccc4)COC23)cc1. The molecule has 0 bridgehead atoms. The molecule has 2 aromatic rings. The van der Waals surface area contributed by atoms with Crippen molar-refractivity contribution in [1.82, 2.24) is 5.32 Å². The molecule has 0 radical (unpaired) electrons. The highest BCUT2D eigenvalue weighted by molar-refractivity contribution is 5.15. The second-order valence-electron chi connectivity index (χ2n) is 7.08. The molecular weight excluding hydrogens is 326 g/mol. The number of nitrogens with one attached hydrogen (secondary N) is 1. The molecule has 4 nitrogen and oxygen atoms in total. The molecule has 0 saturated carbocycles. The summed E-state index contributed by atoms with van der Waals surface area (Å²) in [5.41, 5.74) is 2.57. The third-order valence-corrected chi connectivity index (χ3v) is 5.21. The van der Waals surface area contributed by atoms with Gasteiger partial charge < -0.3 is 19.5 Å². The molecule has 4 heteroatoms. The largest absolute Gasteiger partial charge is 0.371 e. The Kier molecular flexibility index (Phi) is 5.97. The van der Waals surface area contributed by atoms with Crippen molar-refractivity contribution >= 4 is 0 Å². The molecule has 0 spiro atoms. The van der Waals surface area contributed by atoms with Crippen molar-refractivity contribution in [2.24, 2.45) is 0 Å². The summed E-state index contributed by atoms with van der Waals surface area (Å²) in [4.78, 5) is 0. The Morgan fingerprint density at radius 2 is 1.54 bits per heavy atom. The molecule has 26 heavy (non-hydrogen) atoms. The summed E-state index contributed by atoms with van der Waals surface area (Å²) < 4.78 is 18.0. The Balaban J connectivity index is 1.19. The number of benzene rings is 2. The number of fused-ring (bicyclic) bond motifs is 1. The predicted molar refractivity (Wildman–Crippen MR) is 101 cm³/mol. The summed E-state index contributed by atoms with van der Waals surface area (Å²) in [7, 11) is 0. The smallest absolute Gasteiger partial charge is 0.114 e. The molecule has 0 aromatic heterocycles. The molecular formula is C22H27NO3. The minimum absolute atomic E-state index is 0.0244. The van der Waals surface area contributed by atoms with Crippen molar-refractivity contribution in [2.75, 3.05) is 19.8 Å². The molecule has 4 unspecified atom stereocenters. The monoisotopic (exact) mass is 353 g/mol. The van der Waals surface area contributed by atoms with Crippen molar-refractivity contribution in [1.29, 1.82) is 0 Å². The maximum atomic E-state index is 6.06. The van der Waals surface area contributed by atoms with Gasteiger partial charge in [0.15, 0.2) is 0 Å². The van der Waals surface area contributed by atoms with Crippen LogP contribution in [0.25, 0.3) is 0 Å². The molecule has 2 heterocycles. The lowest BCUT2D eigenvalue weighted by atomic mass is 10.1. The van der Waals surface area contributed by atoms with Crippen molar-refractivity contribution in [3.05, 3.63) is 71.8 Å². The van der Waals surface area contributed by atoms with Gasteiger partial charge in [-0.3, -0.25) is 0 Å². The van der Waals surface area contributed by atoms with E-state index in [1.807, 2.05) is 18.2 Å². The summed E-state index contributed by atoms with van der Waals surface area (Å²) in [5.74, 6) is 0. The quantitative estimate of drug-likeness (QED) is 0.741. The summed E-state index contributed by atoms with van der Waals surface area (Å²) in [6.07, 6.45) is 2.39. The molecule has 0 aliphatic carbocycles. The number of aryl methyl sites for hydroxylation is 1. The fraction of sp³-hybridized carbons (Fsp3) is 0.455. The Hall–Kier alpha value is -1.72. The van der Waals surface area contributed by atoms with Crippen molar-refractivity contribution in [3.63, 3.8) is 0 Å². The summed E-state index contributed by atoms with van der Waals surface area (Å²) in [5, 5.41) is 3.61. The van der Waals surface area contributed by atoms with E-state index in [1.54, 1.807) is 0 Å². The van der Waals surface area contributed by atoms with Crippen LogP contribution in [0.2, 0.25) is 0 Å². The Morgan fingerprint density at radius 1 is 0.846 bits per heavy atom. The van der Waals surface area contributed by atoms with Crippen LogP contribution in [-0.4, -0.2) is 44.1 Å². The molecule has 2 aromatic carbocycles. The highest BCUT2D eigenvalue weighted by Gasteiger charge is 2.47. The Labute approximate surface area is 155 Å². The van der Waals surface area contributed by atoms with E-state index in [0.29, 0.717) is 19.8 Å². The van der Waals surface area contributed by atoms with Gasteiger partial charge in [-0.15, -0.1) is 0 Å². The molecule has 1 N–H and O–H groups in total. The van der Waals surface area contributed by atoms with Crippen LogP contribution in [-0.2, 0) is 27.2 Å². The van der Waals surface area contributed by atoms with E-state index in [9.17, 15) is 0 Å². The van der Waals surface area contributed by atoms with E-state index >= 15 is 0 Å². The van der Waals surface area contributed by atoms with E-state index in [1.165, 1.54) is 11.1 Å². The van der Waals surface area contributed by atoms with Crippen LogP contribution in [0, 0.1) is 0 Å². The van der Waals surface area contributed by atoms with Crippen molar-refractivity contribution < 1.29 is 14.2 Å². The number of hydrogen-bond donors (Lipinski definition) is 1. The van der Waals surface area contributed by atoms with E-state index in [2.05, 4.69) is 47.8 Å². The fourth-order valence-corrected chi connectivity index (χ4v) is 3.78. The Bertz CT molecular complexity index is 664. The van der Waals surface area contributed by atoms with Crippen LogP contribution in [0.3, 0.4) is 0 Å². The van der Waals surface area contributed by atoms with Crippen LogP contribution in [0.4, 0.5) is 0 Å². The molecule has 2 aliphatic rings. The Morgan fingerprint density at radius 3 is 2.31 bits per heavy atom. The minimum Gasteiger partial charge on any atom is -0.371 e. The van der Waals surface area contributed by atoms with Gasteiger partial charge in [0.1, 0.15) is 18.3 Å². The summed E-state index contributed by atoms with van der Waals surface area (Å²) in [6.45, 7) is 2.90. The van der Waals surface area contributed by atoms with Gasteiger partial charge in [-0.05, 0) is 30.5 Å². The topological polar surface area (TPSA) is 39.7 Å². The first-order valence-corrected chi connectivity index (χ1v) is 9.56. The average molecular weight is 353 g/mol. The lowest BCUT2D eigenvalue weighted by Gasteiger charge is -2.18. The first-order valence-electron chi connectivity index (χ1n) is 9.56. The maximum absolute atomic E-state index is 6.06. The second-order valence-corrected chi connectivity index (χ2v) is 7.08. The van der Waals surface area contributed by atoms with Crippen LogP contribution in [0.15, 0.2) is 60.7 Å². The zero-order chi connectivity index (χ0) is 17.6. The van der Waals surface area contributed by atoms with Gasteiger partial charge in [0, 0.05) is 0 Å². The molecule has 138 valence electrons. The van der Waals surface area contributed by atoms with E-state index < -0.39 is 0 Å². The van der Waals surface area contributed by atoms with Gasteiger partial charge in [-0.1, -0.05) is 60.7 Å². The third-order valence-electron chi connectivity index (χ3n) is 5.21. The number of rotatable bonds is 8. The maximum Gasteiger partial charge on any atom is 0.114 e. The molecule has 0 amide bonds. The van der Waals surface area contributed by atoms with Gasteiger partial charge in [-0.2, -0.15) is 0 Å². The lowest BCUT2D eigenvalue weighted by Crippen LogP contribution is -2.41. The first-order chi connectivity index (χ1) is 12.9. The highest BCUT2D eigenvalue weighted by atomic mass is 16.6. The zero-order valence-corrected chi connectivity index (χ0v) is 15.1. The molecule has 2 saturated heterocycles. The standard InChI is InChI=1S/C22H27NO3/c1-3-8-17(9-4-1)12-7-13-23-19-15-25-22-20(16-26-21(19)22)24-14-18-10-5-2-6-11-18/h1-6,8-11,19-23H,7,12-16H2. The molecule has 4 atom stereocenters. The first kappa shape index (κ1) is 17.7. The van der Waals surface area contributed by atoms with Crippen molar-refractivity contribution in [2.45, 2.75) is 43.8 Å². The molecule has 4 rings (SSSR count). The average Bonchev–Trinajstić information content (AvgIpc) is 3.28. The van der Waals surface area contributed by atoms with Gasteiger partial charge in [0.05, 0.1) is 25.9 Å². The normalized spacial score (nSPS) is 27.5. The van der Waals surface area contributed by atoms with E-state index in [-0.39, 0.29) is 24.4 Å². The van der Waals surface area contributed by atoms with Crippen molar-refractivity contribution in [3.8, 4) is 0 Å². The zero-order valence-electron chi connectivity index (χ0n) is 15.1. The van der Waals surface area contributed by atoms with Crippen LogP contribution >= 0.6 is 0 Å². The molecule has 2 aliphatic heterocycles. The predicted octanol–water partition coefficient (Wildman–Crippen LogP) is 2.96. The number of ether oxygens (including phenoxy) is 3. The summed E-state index contributed by atoms with van der Waals surface area (Å²) in [6, 6.07) is 21.1. The fourth-order valence-electron chi connectivity index (χ4n) is 3.78. The summed E-state index contributed by atoms with van der Waals surface area (Å²) >= 11 is 0. The van der Waals surface area contributed by atoms with Gasteiger partial charge in [0.2, 0.25) is 0 Å².